The van der Waals surface area contributed by atoms with Crippen LogP contribution in [0.2, 0.25) is 0 Å². The molecule has 0 aromatic heterocycles. The van der Waals surface area contributed by atoms with Gasteiger partial charge in [-0.2, -0.15) is 0 Å². The van der Waals surface area contributed by atoms with Crippen LogP contribution in [0, 0.1) is 10.8 Å². The molecular formula is C6H11NO3. The number of carboxylic acid groups (broad SMARTS) is 1. The predicted octanol–water partition coefficient (Wildman–Crippen LogP) is 1.25. The van der Waals surface area contributed by atoms with Crippen LogP contribution in [-0.4, -0.2) is 17.1 Å². The van der Waals surface area contributed by atoms with Crippen molar-refractivity contribution in [1.82, 2.24) is 0 Å². The van der Waals surface area contributed by atoms with Crippen LogP contribution in [0.1, 0.15) is 20.3 Å². The van der Waals surface area contributed by atoms with Crippen LogP contribution in [0.3, 0.4) is 0 Å². The second-order valence-corrected chi connectivity index (χ2v) is 2.59. The normalized spacial score (nSPS) is 13.1. The van der Waals surface area contributed by atoms with Crippen LogP contribution in [-0.2, 0) is 4.79 Å². The van der Waals surface area contributed by atoms with E-state index in [1.54, 1.807) is 0 Å². The summed E-state index contributed by atoms with van der Waals surface area (Å²) in [7, 11) is 0. The molecule has 0 saturated carbocycles. The Balaban J connectivity index is 3.83. The van der Waals surface area contributed by atoms with Crippen LogP contribution < -0.4 is 0 Å². The zero-order valence-corrected chi connectivity index (χ0v) is 6.07. The lowest BCUT2D eigenvalue weighted by Gasteiger charge is -2.05. The molecule has 1 N–H and O–H groups in total. The molecule has 0 unspecified atom stereocenters. The SMILES string of the molecule is CC(C)C[C@H](N=O)C(=O)O. The second-order valence-electron chi connectivity index (χ2n) is 2.59. The number of carboxylic acids is 1. The van der Waals surface area contributed by atoms with E-state index in [0.29, 0.717) is 6.42 Å². The predicted molar refractivity (Wildman–Crippen MR) is 36.7 cm³/mol. The van der Waals surface area contributed by atoms with E-state index in [-0.39, 0.29) is 5.92 Å². The molecule has 0 aliphatic heterocycles. The Morgan fingerprint density at radius 2 is 2.10 bits per heavy atom. The first kappa shape index (κ1) is 9.07. The highest BCUT2D eigenvalue weighted by molar-refractivity contribution is 5.73. The minimum absolute atomic E-state index is 0.193. The van der Waals surface area contributed by atoms with Crippen molar-refractivity contribution in [2.45, 2.75) is 26.3 Å². The molecule has 0 aliphatic carbocycles. The third-order valence-corrected chi connectivity index (χ3v) is 1.11. The molecule has 0 radical (unpaired) electrons. The van der Waals surface area contributed by atoms with Crippen LogP contribution in [0.4, 0.5) is 0 Å². The lowest BCUT2D eigenvalue weighted by atomic mass is 10.1. The van der Waals surface area contributed by atoms with Gasteiger partial charge >= 0.3 is 5.97 Å². The van der Waals surface area contributed by atoms with Crippen molar-refractivity contribution >= 4 is 5.97 Å². The third-order valence-electron chi connectivity index (χ3n) is 1.11. The molecule has 0 amide bonds. The van der Waals surface area contributed by atoms with Gasteiger partial charge in [0.2, 0.25) is 0 Å². The first-order valence-corrected chi connectivity index (χ1v) is 3.13. The van der Waals surface area contributed by atoms with Crippen LogP contribution in [0.15, 0.2) is 5.18 Å². The summed E-state index contributed by atoms with van der Waals surface area (Å²) in [5, 5.41) is 10.8. The molecule has 1 atom stereocenters. The summed E-state index contributed by atoms with van der Waals surface area (Å²) >= 11 is 0. The lowest BCUT2D eigenvalue weighted by molar-refractivity contribution is -0.138. The van der Waals surface area contributed by atoms with Gasteiger partial charge in [0.25, 0.3) is 0 Å². The van der Waals surface area contributed by atoms with E-state index in [0.717, 1.165) is 0 Å². The molecule has 0 rings (SSSR count). The zero-order chi connectivity index (χ0) is 8.15. The Labute approximate surface area is 59.2 Å². The number of nitroso groups, excluding NO2 is 1. The molecule has 0 bridgehead atoms. The smallest absolute Gasteiger partial charge is 0.332 e. The van der Waals surface area contributed by atoms with Crippen molar-refractivity contribution in [1.29, 1.82) is 0 Å². The van der Waals surface area contributed by atoms with Crippen molar-refractivity contribution < 1.29 is 9.90 Å². The maximum atomic E-state index is 10.2. The molecule has 0 aliphatic rings. The van der Waals surface area contributed by atoms with Gasteiger partial charge in [-0.1, -0.05) is 19.0 Å². The Morgan fingerprint density at radius 3 is 2.20 bits per heavy atom. The van der Waals surface area contributed by atoms with Crippen molar-refractivity contribution in [3.63, 3.8) is 0 Å². The largest absolute Gasteiger partial charge is 0.480 e. The summed E-state index contributed by atoms with van der Waals surface area (Å²) in [6, 6.07) is -1.07. The van der Waals surface area contributed by atoms with Gasteiger partial charge in [-0.05, 0) is 12.3 Å². The van der Waals surface area contributed by atoms with Crippen molar-refractivity contribution in [3.8, 4) is 0 Å². The molecule has 0 aromatic carbocycles. The average Bonchev–Trinajstić information content (AvgIpc) is 1.81. The van der Waals surface area contributed by atoms with Gasteiger partial charge in [0.05, 0.1) is 0 Å². The molecule has 10 heavy (non-hydrogen) atoms. The van der Waals surface area contributed by atoms with Crippen LogP contribution >= 0.6 is 0 Å². The molecule has 4 heteroatoms. The summed E-state index contributed by atoms with van der Waals surface area (Å²) < 4.78 is 0. The maximum Gasteiger partial charge on any atom is 0.332 e. The molecule has 0 fully saturated rings. The number of carbonyl (C=O) groups is 1. The van der Waals surface area contributed by atoms with E-state index in [1.165, 1.54) is 0 Å². The topological polar surface area (TPSA) is 66.7 Å². The summed E-state index contributed by atoms with van der Waals surface area (Å²) in [4.78, 5) is 20.0. The number of hydrogen-bond acceptors (Lipinski definition) is 3. The van der Waals surface area contributed by atoms with Gasteiger partial charge in [0, 0.05) is 0 Å². The monoisotopic (exact) mass is 145 g/mol. The molecule has 0 heterocycles. The van der Waals surface area contributed by atoms with Gasteiger partial charge in [0.15, 0.2) is 6.04 Å². The van der Waals surface area contributed by atoms with Crippen LogP contribution in [0.25, 0.3) is 0 Å². The quantitative estimate of drug-likeness (QED) is 0.605. The third kappa shape index (κ3) is 3.17. The number of hydrogen-bond donors (Lipinski definition) is 1. The summed E-state index contributed by atoms with van der Waals surface area (Å²) in [6.45, 7) is 3.70. The fraction of sp³-hybridized carbons (Fsp3) is 0.833. The molecule has 0 saturated heterocycles. The fourth-order valence-electron chi connectivity index (χ4n) is 0.635. The Morgan fingerprint density at radius 1 is 1.60 bits per heavy atom. The Bertz CT molecular complexity index is 133. The first-order chi connectivity index (χ1) is 4.57. The molecule has 4 nitrogen and oxygen atoms in total. The minimum Gasteiger partial charge on any atom is -0.480 e. The van der Waals surface area contributed by atoms with E-state index in [2.05, 4.69) is 5.18 Å². The first-order valence-electron chi connectivity index (χ1n) is 3.13. The van der Waals surface area contributed by atoms with Gasteiger partial charge < -0.3 is 5.11 Å². The van der Waals surface area contributed by atoms with Crippen molar-refractivity contribution in [2.75, 3.05) is 0 Å². The number of aliphatic carboxylic acids is 1. The molecule has 0 spiro atoms. The van der Waals surface area contributed by atoms with Crippen LogP contribution in [0.5, 0.6) is 0 Å². The number of rotatable bonds is 4. The standard InChI is InChI=1S/C6H11NO3/c1-4(2)3-5(7-10)6(8)9/h4-5H,3H2,1-2H3,(H,8,9)/t5-/m0/s1. The van der Waals surface area contributed by atoms with Gasteiger partial charge in [-0.3, -0.25) is 0 Å². The van der Waals surface area contributed by atoms with E-state index >= 15 is 0 Å². The Kier molecular flexibility index (Phi) is 3.61. The van der Waals surface area contributed by atoms with Crippen molar-refractivity contribution in [3.05, 3.63) is 4.91 Å². The molecule has 0 aromatic rings. The minimum atomic E-state index is -1.14. The maximum absolute atomic E-state index is 10.2. The zero-order valence-electron chi connectivity index (χ0n) is 6.07. The van der Waals surface area contributed by atoms with Gasteiger partial charge in [0.1, 0.15) is 0 Å². The van der Waals surface area contributed by atoms with E-state index in [4.69, 9.17) is 5.11 Å². The highest BCUT2D eigenvalue weighted by Gasteiger charge is 2.18. The van der Waals surface area contributed by atoms with Gasteiger partial charge in [-0.15, -0.1) is 4.91 Å². The van der Waals surface area contributed by atoms with Crippen molar-refractivity contribution in [2.24, 2.45) is 11.1 Å². The lowest BCUT2D eigenvalue weighted by Crippen LogP contribution is -2.19. The summed E-state index contributed by atoms with van der Waals surface area (Å²) in [5.74, 6) is -0.942. The van der Waals surface area contributed by atoms with Gasteiger partial charge in [-0.25, -0.2) is 4.79 Å². The fourth-order valence-corrected chi connectivity index (χ4v) is 0.635. The molecule has 58 valence electrons. The number of nitrogens with zero attached hydrogens (tertiary/aromatic N) is 1. The average molecular weight is 145 g/mol. The summed E-state index contributed by atoms with van der Waals surface area (Å²) in [6.07, 6.45) is 0.318. The highest BCUT2D eigenvalue weighted by Crippen LogP contribution is 2.07. The summed E-state index contributed by atoms with van der Waals surface area (Å²) in [5.41, 5.74) is 0. The van der Waals surface area contributed by atoms with E-state index < -0.39 is 12.0 Å². The highest BCUT2D eigenvalue weighted by atomic mass is 16.4. The van der Waals surface area contributed by atoms with E-state index in [1.807, 2.05) is 13.8 Å². The second kappa shape index (κ2) is 3.98. The van der Waals surface area contributed by atoms with E-state index in [9.17, 15) is 9.70 Å². The molecular weight excluding hydrogens is 134 g/mol. The Hall–Kier alpha value is -0.930.